The second-order valence-electron chi connectivity index (χ2n) is 4.80. The summed E-state index contributed by atoms with van der Waals surface area (Å²) in [6.45, 7) is 1.62. The van der Waals surface area contributed by atoms with Crippen molar-refractivity contribution in [3.63, 3.8) is 0 Å². The molecule has 0 spiro atoms. The molecule has 2 aromatic carbocycles. The van der Waals surface area contributed by atoms with E-state index in [1.54, 1.807) is 19.1 Å². The molecule has 2 rings (SSSR count). The Hall–Kier alpha value is -2.26. The van der Waals surface area contributed by atoms with Crippen LogP contribution < -0.4 is 0 Å². The number of hydrogen-bond donors (Lipinski definition) is 3. The first-order valence-electron chi connectivity index (χ1n) is 6.51. The van der Waals surface area contributed by atoms with Crippen LogP contribution in [-0.4, -0.2) is 21.9 Å². The predicted octanol–water partition coefficient (Wildman–Crippen LogP) is 3.36. The highest BCUT2D eigenvalue weighted by atomic mass is 16.3. The standard InChI is InChI=1S/C17H18O3/c1-12(11-18)17-15(19)9-14(10-16(17)20)8-7-13-5-3-2-4-6-13/h2-10,12,18-20H,11H2,1H3/b8-7+. The Balaban J connectivity index is 2.29. The van der Waals surface area contributed by atoms with Crippen LogP contribution in [0.15, 0.2) is 42.5 Å². The Morgan fingerprint density at radius 1 is 0.950 bits per heavy atom. The summed E-state index contributed by atoms with van der Waals surface area (Å²) >= 11 is 0. The van der Waals surface area contributed by atoms with E-state index in [2.05, 4.69) is 0 Å². The summed E-state index contributed by atoms with van der Waals surface area (Å²) in [6.07, 6.45) is 3.73. The van der Waals surface area contributed by atoms with Gasteiger partial charge >= 0.3 is 0 Å². The molecule has 0 saturated heterocycles. The molecule has 0 radical (unpaired) electrons. The molecule has 1 atom stereocenters. The van der Waals surface area contributed by atoms with Crippen LogP contribution in [0.4, 0.5) is 0 Å². The lowest BCUT2D eigenvalue weighted by Gasteiger charge is -2.13. The van der Waals surface area contributed by atoms with Crippen LogP contribution in [-0.2, 0) is 0 Å². The molecule has 0 aliphatic heterocycles. The van der Waals surface area contributed by atoms with Crippen LogP contribution in [0.1, 0.15) is 29.5 Å². The zero-order valence-corrected chi connectivity index (χ0v) is 11.3. The third kappa shape index (κ3) is 3.19. The fraction of sp³-hybridized carbons (Fsp3) is 0.176. The number of hydrogen-bond acceptors (Lipinski definition) is 3. The average Bonchev–Trinajstić information content (AvgIpc) is 2.45. The lowest BCUT2D eigenvalue weighted by atomic mass is 9.97. The van der Waals surface area contributed by atoms with Crippen molar-refractivity contribution in [1.29, 1.82) is 0 Å². The van der Waals surface area contributed by atoms with Crippen molar-refractivity contribution >= 4 is 12.2 Å². The van der Waals surface area contributed by atoms with Gasteiger partial charge in [0.15, 0.2) is 0 Å². The van der Waals surface area contributed by atoms with Gasteiger partial charge < -0.3 is 15.3 Å². The summed E-state index contributed by atoms with van der Waals surface area (Å²) < 4.78 is 0. The molecule has 3 nitrogen and oxygen atoms in total. The molecule has 20 heavy (non-hydrogen) atoms. The zero-order chi connectivity index (χ0) is 14.5. The minimum atomic E-state index is -0.304. The summed E-state index contributed by atoms with van der Waals surface area (Å²) in [5.74, 6) is -0.305. The number of aliphatic hydroxyl groups excluding tert-OH is 1. The fourth-order valence-corrected chi connectivity index (χ4v) is 2.09. The molecule has 0 aliphatic rings. The number of aliphatic hydroxyl groups is 1. The number of aromatic hydroxyl groups is 2. The van der Waals surface area contributed by atoms with Crippen molar-refractivity contribution in [2.24, 2.45) is 0 Å². The second kappa shape index (κ2) is 6.26. The maximum atomic E-state index is 9.97. The van der Waals surface area contributed by atoms with E-state index in [-0.39, 0.29) is 24.0 Å². The van der Waals surface area contributed by atoms with Crippen molar-refractivity contribution in [2.45, 2.75) is 12.8 Å². The van der Waals surface area contributed by atoms with Gasteiger partial charge in [0.25, 0.3) is 0 Å². The fourth-order valence-electron chi connectivity index (χ4n) is 2.09. The van der Waals surface area contributed by atoms with Gasteiger partial charge in [0.2, 0.25) is 0 Å². The topological polar surface area (TPSA) is 60.7 Å². The minimum absolute atomic E-state index is 0.000684. The SMILES string of the molecule is CC(CO)c1c(O)cc(/C=C/c2ccccc2)cc1O. The number of phenols is 2. The molecule has 0 aromatic heterocycles. The molecule has 1 unspecified atom stereocenters. The van der Waals surface area contributed by atoms with Crippen molar-refractivity contribution in [3.8, 4) is 11.5 Å². The van der Waals surface area contributed by atoms with Crippen LogP contribution in [0, 0.1) is 0 Å². The average molecular weight is 270 g/mol. The molecule has 0 heterocycles. The molecule has 2 aromatic rings. The van der Waals surface area contributed by atoms with E-state index in [9.17, 15) is 10.2 Å². The summed E-state index contributed by atoms with van der Waals surface area (Å²) in [6, 6.07) is 12.9. The van der Waals surface area contributed by atoms with E-state index in [4.69, 9.17) is 5.11 Å². The second-order valence-corrected chi connectivity index (χ2v) is 4.80. The molecular formula is C17H18O3. The Morgan fingerprint density at radius 3 is 2.05 bits per heavy atom. The molecule has 3 N–H and O–H groups in total. The van der Waals surface area contributed by atoms with Gasteiger partial charge in [-0.15, -0.1) is 0 Å². The number of benzene rings is 2. The molecule has 0 amide bonds. The van der Waals surface area contributed by atoms with E-state index >= 15 is 0 Å². The van der Waals surface area contributed by atoms with Crippen LogP contribution in [0.25, 0.3) is 12.2 Å². The Labute approximate surface area is 118 Å². The van der Waals surface area contributed by atoms with Crippen molar-refractivity contribution in [1.82, 2.24) is 0 Å². The number of phenolic OH excluding ortho intramolecular Hbond substituents is 2. The maximum Gasteiger partial charge on any atom is 0.123 e. The van der Waals surface area contributed by atoms with Gasteiger partial charge in [-0.05, 0) is 23.3 Å². The van der Waals surface area contributed by atoms with E-state index in [1.165, 1.54) is 0 Å². The lowest BCUT2D eigenvalue weighted by molar-refractivity contribution is 0.267. The van der Waals surface area contributed by atoms with Gasteiger partial charge in [0.1, 0.15) is 11.5 Å². The normalized spacial score (nSPS) is 12.7. The molecular weight excluding hydrogens is 252 g/mol. The first-order valence-corrected chi connectivity index (χ1v) is 6.51. The van der Waals surface area contributed by atoms with Crippen LogP contribution in [0.3, 0.4) is 0 Å². The zero-order valence-electron chi connectivity index (χ0n) is 11.3. The van der Waals surface area contributed by atoms with Crippen LogP contribution in [0.2, 0.25) is 0 Å². The first kappa shape index (κ1) is 14.2. The largest absolute Gasteiger partial charge is 0.507 e. The van der Waals surface area contributed by atoms with Gasteiger partial charge in [-0.1, -0.05) is 49.4 Å². The Bertz CT molecular complexity index is 580. The summed E-state index contributed by atoms with van der Waals surface area (Å²) in [7, 11) is 0. The van der Waals surface area contributed by atoms with E-state index < -0.39 is 0 Å². The third-order valence-electron chi connectivity index (χ3n) is 3.19. The van der Waals surface area contributed by atoms with Gasteiger partial charge in [-0.2, -0.15) is 0 Å². The minimum Gasteiger partial charge on any atom is -0.507 e. The quantitative estimate of drug-likeness (QED) is 0.746. The highest BCUT2D eigenvalue weighted by Crippen LogP contribution is 2.35. The summed E-state index contributed by atoms with van der Waals surface area (Å²) in [4.78, 5) is 0. The van der Waals surface area contributed by atoms with Crippen LogP contribution >= 0.6 is 0 Å². The molecule has 0 bridgehead atoms. The monoisotopic (exact) mass is 270 g/mol. The van der Waals surface area contributed by atoms with E-state index in [0.717, 1.165) is 5.56 Å². The van der Waals surface area contributed by atoms with Gasteiger partial charge in [-0.3, -0.25) is 0 Å². The number of rotatable bonds is 4. The van der Waals surface area contributed by atoms with E-state index in [0.29, 0.717) is 11.1 Å². The smallest absolute Gasteiger partial charge is 0.123 e. The first-order chi connectivity index (χ1) is 9.61. The molecule has 3 heteroatoms. The van der Waals surface area contributed by atoms with Gasteiger partial charge in [-0.25, -0.2) is 0 Å². The van der Waals surface area contributed by atoms with Gasteiger partial charge in [0, 0.05) is 18.1 Å². The van der Waals surface area contributed by atoms with Crippen LogP contribution in [0.5, 0.6) is 11.5 Å². The molecule has 0 fully saturated rings. The third-order valence-corrected chi connectivity index (χ3v) is 3.19. The summed E-state index contributed by atoms with van der Waals surface area (Å²) in [5, 5.41) is 29.1. The van der Waals surface area contributed by atoms with E-state index in [1.807, 2.05) is 42.5 Å². The highest BCUT2D eigenvalue weighted by molar-refractivity contribution is 5.71. The van der Waals surface area contributed by atoms with Crippen molar-refractivity contribution < 1.29 is 15.3 Å². The molecule has 104 valence electrons. The maximum absolute atomic E-state index is 9.97. The Morgan fingerprint density at radius 2 is 1.50 bits per heavy atom. The summed E-state index contributed by atoms with van der Waals surface area (Å²) in [5.41, 5.74) is 2.13. The van der Waals surface area contributed by atoms with Crippen molar-refractivity contribution in [2.75, 3.05) is 6.61 Å². The Kier molecular flexibility index (Phi) is 4.43. The molecule has 0 aliphatic carbocycles. The molecule has 0 saturated carbocycles. The van der Waals surface area contributed by atoms with Gasteiger partial charge in [0.05, 0.1) is 0 Å². The predicted molar refractivity (Wildman–Crippen MR) is 80.6 cm³/mol. The highest BCUT2D eigenvalue weighted by Gasteiger charge is 2.15. The van der Waals surface area contributed by atoms with Crippen molar-refractivity contribution in [3.05, 3.63) is 59.2 Å². The lowest BCUT2D eigenvalue weighted by Crippen LogP contribution is -2.00.